The van der Waals surface area contributed by atoms with E-state index in [0.29, 0.717) is 23.0 Å². The fourth-order valence-corrected chi connectivity index (χ4v) is 0.940. The molecule has 13 heavy (non-hydrogen) atoms. The standard InChI is InChI=1S/C9H10ClFN2/c1-6(10)5-13-9-4-7(11)2-3-8(9)12/h2-4,13H,1,5,12H2. The molecule has 0 saturated heterocycles. The molecule has 2 nitrogen and oxygen atoms in total. The molecule has 0 aliphatic heterocycles. The van der Waals surface area contributed by atoms with Gasteiger partial charge in [0.15, 0.2) is 0 Å². The summed E-state index contributed by atoms with van der Waals surface area (Å²) in [6.07, 6.45) is 0. The Morgan fingerprint density at radius 1 is 1.62 bits per heavy atom. The van der Waals surface area contributed by atoms with Crippen LogP contribution in [0.2, 0.25) is 0 Å². The van der Waals surface area contributed by atoms with Crippen LogP contribution >= 0.6 is 11.6 Å². The van der Waals surface area contributed by atoms with E-state index in [1.54, 1.807) is 0 Å². The maximum absolute atomic E-state index is 12.7. The number of nitrogen functional groups attached to an aromatic ring is 1. The van der Waals surface area contributed by atoms with E-state index in [4.69, 9.17) is 17.3 Å². The van der Waals surface area contributed by atoms with E-state index < -0.39 is 0 Å². The zero-order valence-electron chi connectivity index (χ0n) is 6.98. The van der Waals surface area contributed by atoms with Gasteiger partial charge in [-0.1, -0.05) is 18.2 Å². The number of nitrogens with two attached hydrogens (primary N) is 1. The number of halogens is 2. The average Bonchev–Trinajstić information content (AvgIpc) is 2.06. The van der Waals surface area contributed by atoms with Crippen LogP contribution in [0.3, 0.4) is 0 Å². The molecule has 3 N–H and O–H groups in total. The zero-order valence-corrected chi connectivity index (χ0v) is 7.74. The van der Waals surface area contributed by atoms with Gasteiger partial charge >= 0.3 is 0 Å². The summed E-state index contributed by atoms with van der Waals surface area (Å²) in [6.45, 7) is 3.86. The zero-order chi connectivity index (χ0) is 9.84. The predicted molar refractivity (Wildman–Crippen MR) is 54.3 cm³/mol. The molecule has 0 saturated carbocycles. The first kappa shape index (κ1) is 9.86. The van der Waals surface area contributed by atoms with Crippen LogP contribution in [0.15, 0.2) is 29.8 Å². The SMILES string of the molecule is C=C(Cl)CNc1cc(F)ccc1N. The number of hydrogen-bond acceptors (Lipinski definition) is 2. The summed E-state index contributed by atoms with van der Waals surface area (Å²) in [7, 11) is 0. The second-order valence-electron chi connectivity index (χ2n) is 2.60. The van der Waals surface area contributed by atoms with E-state index in [2.05, 4.69) is 11.9 Å². The molecular weight excluding hydrogens is 191 g/mol. The largest absolute Gasteiger partial charge is 0.397 e. The molecule has 0 amide bonds. The molecule has 70 valence electrons. The lowest BCUT2D eigenvalue weighted by Crippen LogP contribution is -2.04. The highest BCUT2D eigenvalue weighted by atomic mass is 35.5. The fraction of sp³-hybridized carbons (Fsp3) is 0.111. The number of hydrogen-bond donors (Lipinski definition) is 2. The van der Waals surface area contributed by atoms with Crippen LogP contribution in [0.25, 0.3) is 0 Å². The lowest BCUT2D eigenvalue weighted by molar-refractivity contribution is 0.628. The van der Waals surface area contributed by atoms with Gasteiger partial charge in [0.05, 0.1) is 17.9 Å². The first-order valence-electron chi connectivity index (χ1n) is 3.72. The van der Waals surface area contributed by atoms with Crippen molar-refractivity contribution in [2.24, 2.45) is 0 Å². The molecule has 0 radical (unpaired) electrons. The minimum absolute atomic E-state index is 0.336. The van der Waals surface area contributed by atoms with Crippen LogP contribution in [-0.2, 0) is 0 Å². The van der Waals surface area contributed by atoms with Gasteiger partial charge in [-0.2, -0.15) is 0 Å². The third kappa shape index (κ3) is 2.95. The third-order valence-electron chi connectivity index (χ3n) is 1.49. The van der Waals surface area contributed by atoms with E-state index >= 15 is 0 Å². The summed E-state index contributed by atoms with van der Waals surface area (Å²) in [5, 5.41) is 3.30. The van der Waals surface area contributed by atoms with Gasteiger partial charge in [-0.05, 0) is 18.2 Å². The van der Waals surface area contributed by atoms with Crippen LogP contribution in [-0.4, -0.2) is 6.54 Å². The van der Waals surface area contributed by atoms with Crippen molar-refractivity contribution in [2.75, 3.05) is 17.6 Å². The molecule has 1 rings (SSSR count). The first-order valence-corrected chi connectivity index (χ1v) is 4.09. The molecule has 1 aromatic carbocycles. The monoisotopic (exact) mass is 200 g/mol. The first-order chi connectivity index (χ1) is 6.09. The van der Waals surface area contributed by atoms with Gasteiger partial charge in [0, 0.05) is 5.03 Å². The maximum Gasteiger partial charge on any atom is 0.125 e. The Morgan fingerprint density at radius 2 is 2.31 bits per heavy atom. The number of rotatable bonds is 3. The fourth-order valence-electron chi connectivity index (χ4n) is 0.873. The summed E-state index contributed by atoms with van der Waals surface area (Å²) in [5.41, 5.74) is 6.59. The topological polar surface area (TPSA) is 38.0 Å². The molecule has 1 aromatic rings. The Balaban J connectivity index is 2.75. The van der Waals surface area contributed by atoms with Crippen molar-refractivity contribution < 1.29 is 4.39 Å². The van der Waals surface area contributed by atoms with E-state index in [0.717, 1.165) is 0 Å². The Kier molecular flexibility index (Phi) is 3.14. The van der Waals surface area contributed by atoms with E-state index in [1.165, 1.54) is 18.2 Å². The van der Waals surface area contributed by atoms with E-state index in [1.807, 2.05) is 0 Å². The van der Waals surface area contributed by atoms with Gasteiger partial charge in [-0.25, -0.2) is 4.39 Å². The van der Waals surface area contributed by atoms with Crippen LogP contribution in [0.1, 0.15) is 0 Å². The smallest absolute Gasteiger partial charge is 0.125 e. The van der Waals surface area contributed by atoms with Crippen molar-refractivity contribution in [2.45, 2.75) is 0 Å². The Bertz CT molecular complexity index is 325. The number of anilines is 2. The minimum Gasteiger partial charge on any atom is -0.397 e. The second kappa shape index (κ2) is 4.14. The van der Waals surface area contributed by atoms with Crippen molar-refractivity contribution in [3.63, 3.8) is 0 Å². The van der Waals surface area contributed by atoms with Gasteiger partial charge < -0.3 is 11.1 Å². The Hall–Kier alpha value is -1.22. The molecule has 0 aliphatic carbocycles. The predicted octanol–water partition coefficient (Wildman–Crippen LogP) is 2.57. The van der Waals surface area contributed by atoms with Crippen LogP contribution in [0.4, 0.5) is 15.8 Å². The van der Waals surface area contributed by atoms with Gasteiger partial charge in [-0.3, -0.25) is 0 Å². The molecular formula is C9H10ClFN2. The quantitative estimate of drug-likeness (QED) is 0.736. The molecule has 0 spiro atoms. The van der Waals surface area contributed by atoms with Crippen molar-refractivity contribution in [3.05, 3.63) is 35.6 Å². The molecule has 0 atom stereocenters. The van der Waals surface area contributed by atoms with Crippen LogP contribution < -0.4 is 11.1 Å². The van der Waals surface area contributed by atoms with Crippen molar-refractivity contribution in [1.82, 2.24) is 0 Å². The van der Waals surface area contributed by atoms with Crippen LogP contribution in [0.5, 0.6) is 0 Å². The number of nitrogens with one attached hydrogen (secondary N) is 1. The average molecular weight is 201 g/mol. The molecule has 0 unspecified atom stereocenters. The summed E-state index contributed by atoms with van der Waals surface area (Å²) >= 11 is 5.53. The molecule has 0 aromatic heterocycles. The van der Waals surface area contributed by atoms with Gasteiger partial charge in [0.1, 0.15) is 5.82 Å². The Morgan fingerprint density at radius 3 is 2.92 bits per heavy atom. The third-order valence-corrected chi connectivity index (χ3v) is 1.62. The minimum atomic E-state index is -0.336. The highest BCUT2D eigenvalue weighted by molar-refractivity contribution is 6.29. The summed E-state index contributed by atoms with van der Waals surface area (Å²) in [4.78, 5) is 0. The lowest BCUT2D eigenvalue weighted by Gasteiger charge is -2.07. The molecule has 0 aliphatic rings. The van der Waals surface area contributed by atoms with E-state index in [-0.39, 0.29) is 5.82 Å². The van der Waals surface area contributed by atoms with Gasteiger partial charge in [0.25, 0.3) is 0 Å². The summed E-state index contributed by atoms with van der Waals surface area (Å²) in [5.74, 6) is -0.336. The van der Waals surface area contributed by atoms with Gasteiger partial charge in [0.2, 0.25) is 0 Å². The molecule has 0 heterocycles. The normalized spacial score (nSPS) is 9.69. The van der Waals surface area contributed by atoms with Crippen molar-refractivity contribution in [3.8, 4) is 0 Å². The molecule has 0 bridgehead atoms. The summed E-state index contributed by atoms with van der Waals surface area (Å²) < 4.78 is 12.7. The lowest BCUT2D eigenvalue weighted by atomic mass is 10.2. The number of benzene rings is 1. The van der Waals surface area contributed by atoms with Crippen molar-refractivity contribution in [1.29, 1.82) is 0 Å². The highest BCUT2D eigenvalue weighted by Crippen LogP contribution is 2.19. The van der Waals surface area contributed by atoms with Crippen molar-refractivity contribution >= 4 is 23.0 Å². The molecule has 4 heteroatoms. The Labute approximate surface area is 81.2 Å². The van der Waals surface area contributed by atoms with Gasteiger partial charge in [-0.15, -0.1) is 0 Å². The second-order valence-corrected chi connectivity index (χ2v) is 3.14. The van der Waals surface area contributed by atoms with Crippen LogP contribution in [0, 0.1) is 5.82 Å². The highest BCUT2D eigenvalue weighted by Gasteiger charge is 1.99. The maximum atomic E-state index is 12.7. The molecule has 0 fully saturated rings. The van der Waals surface area contributed by atoms with E-state index in [9.17, 15) is 4.39 Å². The summed E-state index contributed by atoms with van der Waals surface area (Å²) in [6, 6.07) is 4.11.